The molecule has 6 nitrogen and oxygen atoms in total. The van der Waals surface area contributed by atoms with Crippen molar-refractivity contribution in [2.24, 2.45) is 0 Å². The molecule has 0 fully saturated rings. The summed E-state index contributed by atoms with van der Waals surface area (Å²) in [4.78, 5) is 38.4. The lowest BCUT2D eigenvalue weighted by molar-refractivity contribution is -0.167. The molecule has 0 radical (unpaired) electrons. The van der Waals surface area contributed by atoms with Gasteiger partial charge in [-0.15, -0.1) is 0 Å². The van der Waals surface area contributed by atoms with Gasteiger partial charge in [-0.25, -0.2) is 0 Å². The topological polar surface area (TPSA) is 78.9 Å². The quantitative estimate of drug-likeness (QED) is 0.0261. The van der Waals surface area contributed by atoms with Gasteiger partial charge in [0.15, 0.2) is 6.10 Å². The van der Waals surface area contributed by atoms with Crippen molar-refractivity contribution < 1.29 is 28.6 Å². The van der Waals surface area contributed by atoms with E-state index in [1.54, 1.807) is 0 Å². The number of unbranched alkanes of at least 4 members (excludes halogenated alkanes) is 51. The maximum Gasteiger partial charge on any atom is 0.306 e. The highest BCUT2D eigenvalue weighted by atomic mass is 16.6. The molecule has 0 saturated carbocycles. The Morgan fingerprint density at radius 3 is 0.705 bits per heavy atom. The Balaban J connectivity index is 4.22. The smallest absolute Gasteiger partial charge is 0.306 e. The minimum atomic E-state index is -0.767. The van der Waals surface area contributed by atoms with Crippen LogP contribution in [0.15, 0.2) is 24.3 Å². The molecule has 0 aromatic carbocycles. The summed E-state index contributed by atoms with van der Waals surface area (Å²) in [7, 11) is 0. The van der Waals surface area contributed by atoms with E-state index >= 15 is 0 Å². The molecule has 0 bridgehead atoms. The van der Waals surface area contributed by atoms with Crippen LogP contribution in [0.3, 0.4) is 0 Å². The number of carbonyl (C=O) groups is 3. The molecule has 0 saturated heterocycles. The average Bonchev–Trinajstić information content (AvgIpc) is 3.44. The number of ether oxygens (including phenoxy) is 3. The third-order valence-corrected chi connectivity index (χ3v) is 16.2. The maximum atomic E-state index is 12.9. The van der Waals surface area contributed by atoms with Crippen molar-refractivity contribution in [1.82, 2.24) is 0 Å². The summed E-state index contributed by atoms with van der Waals surface area (Å²) < 4.78 is 17.0. The highest BCUT2D eigenvalue weighted by Crippen LogP contribution is 2.19. The van der Waals surface area contributed by atoms with E-state index < -0.39 is 6.10 Å². The molecule has 1 atom stereocenters. The van der Waals surface area contributed by atoms with Crippen LogP contribution >= 0.6 is 0 Å². The van der Waals surface area contributed by atoms with Crippen LogP contribution in [0, 0.1) is 0 Å². The highest BCUT2D eigenvalue weighted by molar-refractivity contribution is 5.71. The van der Waals surface area contributed by atoms with Gasteiger partial charge in [0.05, 0.1) is 0 Å². The van der Waals surface area contributed by atoms with Gasteiger partial charge < -0.3 is 14.2 Å². The van der Waals surface area contributed by atoms with Crippen LogP contribution in [-0.4, -0.2) is 37.2 Å². The first-order chi connectivity index (χ1) is 38.5. The van der Waals surface area contributed by atoms with E-state index in [0.717, 1.165) is 64.2 Å². The Morgan fingerprint density at radius 2 is 0.462 bits per heavy atom. The minimum Gasteiger partial charge on any atom is -0.462 e. The van der Waals surface area contributed by atoms with E-state index in [9.17, 15) is 14.4 Å². The van der Waals surface area contributed by atoms with Gasteiger partial charge in [0.1, 0.15) is 13.2 Å². The minimum absolute atomic E-state index is 0.0634. The SMILES string of the molecule is CCCCCCC/C=C\C/C=C\CCCCCCCCCCCCCCCCCC(=O)OCC(COC(=O)CCCCCCCCCCCCCCCCCC)OC(=O)CCCCCCCCCCCCCCCCCCC. The highest BCUT2D eigenvalue weighted by Gasteiger charge is 2.19. The summed E-state index contributed by atoms with van der Waals surface area (Å²) in [6.45, 7) is 6.72. The van der Waals surface area contributed by atoms with E-state index in [1.807, 2.05) is 0 Å². The molecule has 6 heteroatoms. The average molecular weight is 1100 g/mol. The van der Waals surface area contributed by atoms with Gasteiger partial charge in [-0.3, -0.25) is 14.4 Å². The zero-order chi connectivity index (χ0) is 56.4. The fourth-order valence-electron chi connectivity index (χ4n) is 10.9. The number of rotatable bonds is 66. The van der Waals surface area contributed by atoms with Crippen molar-refractivity contribution in [2.45, 2.75) is 406 Å². The summed E-state index contributed by atoms with van der Waals surface area (Å²) in [5.74, 6) is -0.829. The number of hydrogen-bond donors (Lipinski definition) is 0. The fourth-order valence-corrected chi connectivity index (χ4v) is 10.9. The van der Waals surface area contributed by atoms with Crippen LogP contribution in [0.5, 0.6) is 0 Å². The van der Waals surface area contributed by atoms with Crippen LogP contribution in [-0.2, 0) is 28.6 Å². The van der Waals surface area contributed by atoms with E-state index in [2.05, 4.69) is 45.1 Å². The van der Waals surface area contributed by atoms with E-state index in [1.165, 1.54) is 295 Å². The van der Waals surface area contributed by atoms with Crippen LogP contribution in [0.4, 0.5) is 0 Å². The molecule has 0 amide bonds. The van der Waals surface area contributed by atoms with E-state index in [4.69, 9.17) is 14.2 Å². The van der Waals surface area contributed by atoms with E-state index in [-0.39, 0.29) is 31.1 Å². The molecule has 0 spiro atoms. The van der Waals surface area contributed by atoms with Crippen molar-refractivity contribution in [2.75, 3.05) is 13.2 Å². The van der Waals surface area contributed by atoms with Gasteiger partial charge in [0, 0.05) is 19.3 Å². The molecule has 0 aliphatic rings. The van der Waals surface area contributed by atoms with Crippen LogP contribution in [0.2, 0.25) is 0 Å². The second-order valence-corrected chi connectivity index (χ2v) is 24.2. The molecule has 0 rings (SSSR count). The predicted molar refractivity (Wildman–Crippen MR) is 340 cm³/mol. The Bertz CT molecular complexity index is 1260. The third-order valence-electron chi connectivity index (χ3n) is 16.2. The summed E-state index contributed by atoms with van der Waals surface area (Å²) >= 11 is 0. The molecule has 0 aromatic heterocycles. The van der Waals surface area contributed by atoms with Gasteiger partial charge in [-0.05, 0) is 51.4 Å². The van der Waals surface area contributed by atoms with Gasteiger partial charge in [-0.1, -0.05) is 353 Å². The lowest BCUT2D eigenvalue weighted by Gasteiger charge is -2.18. The molecule has 460 valence electrons. The predicted octanol–water partition coefficient (Wildman–Crippen LogP) is 24.2. The molecular weight excluding hydrogens is 961 g/mol. The summed E-state index contributed by atoms with van der Waals surface area (Å²) in [5, 5.41) is 0. The monoisotopic (exact) mass is 1100 g/mol. The number of allylic oxidation sites excluding steroid dienone is 4. The van der Waals surface area contributed by atoms with E-state index in [0.29, 0.717) is 19.3 Å². The van der Waals surface area contributed by atoms with Gasteiger partial charge in [0.2, 0.25) is 0 Å². The summed E-state index contributed by atoms with van der Waals surface area (Å²) in [6, 6.07) is 0. The Labute approximate surface area is 487 Å². The van der Waals surface area contributed by atoms with Crippen molar-refractivity contribution >= 4 is 17.9 Å². The second-order valence-electron chi connectivity index (χ2n) is 24.2. The molecule has 78 heavy (non-hydrogen) atoms. The fraction of sp³-hybridized carbons (Fsp3) is 0.903. The standard InChI is InChI=1S/C72H136O6/c1-4-7-10-13-16-19-22-25-28-31-32-33-34-35-36-37-38-39-40-42-44-47-50-53-56-59-62-65-71(74)77-68-69(67-76-70(73)64-61-58-55-52-49-46-43-30-27-24-21-18-15-12-9-6-3)78-72(75)66-63-60-57-54-51-48-45-41-29-26-23-20-17-14-11-8-5-2/h22,25,31-32,69H,4-21,23-24,26-30,33-68H2,1-3H3/b25-22-,32-31-. The Hall–Kier alpha value is -2.11. The molecule has 0 aromatic rings. The first kappa shape index (κ1) is 75.9. The summed E-state index contributed by atoms with van der Waals surface area (Å²) in [5.41, 5.74) is 0. The first-order valence-corrected chi connectivity index (χ1v) is 35.3. The lowest BCUT2D eigenvalue weighted by atomic mass is 10.0. The first-order valence-electron chi connectivity index (χ1n) is 35.3. The molecule has 0 aliphatic heterocycles. The molecular formula is C72H136O6. The largest absolute Gasteiger partial charge is 0.462 e. The third kappa shape index (κ3) is 64.7. The normalized spacial score (nSPS) is 12.1. The lowest BCUT2D eigenvalue weighted by Crippen LogP contribution is -2.30. The second kappa shape index (κ2) is 67.4. The molecule has 0 aliphatic carbocycles. The van der Waals surface area contributed by atoms with Crippen molar-refractivity contribution in [1.29, 1.82) is 0 Å². The zero-order valence-corrected chi connectivity index (χ0v) is 53.0. The molecule has 1 unspecified atom stereocenters. The van der Waals surface area contributed by atoms with Crippen molar-refractivity contribution in [3.63, 3.8) is 0 Å². The molecule has 0 N–H and O–H groups in total. The van der Waals surface area contributed by atoms with Gasteiger partial charge >= 0.3 is 17.9 Å². The number of carbonyl (C=O) groups excluding carboxylic acids is 3. The van der Waals surface area contributed by atoms with Gasteiger partial charge in [0.25, 0.3) is 0 Å². The van der Waals surface area contributed by atoms with Crippen LogP contribution < -0.4 is 0 Å². The van der Waals surface area contributed by atoms with Crippen LogP contribution in [0.1, 0.15) is 400 Å². The van der Waals surface area contributed by atoms with Gasteiger partial charge in [-0.2, -0.15) is 0 Å². The number of esters is 3. The maximum absolute atomic E-state index is 12.9. The Morgan fingerprint density at radius 1 is 0.256 bits per heavy atom. The zero-order valence-electron chi connectivity index (χ0n) is 53.0. The Kier molecular flexibility index (Phi) is 65.6. The summed E-state index contributed by atoms with van der Waals surface area (Å²) in [6.07, 6.45) is 82.0. The number of hydrogen-bond acceptors (Lipinski definition) is 6. The van der Waals surface area contributed by atoms with Crippen LogP contribution in [0.25, 0.3) is 0 Å². The molecule has 0 heterocycles. The van der Waals surface area contributed by atoms with Crippen molar-refractivity contribution in [3.8, 4) is 0 Å². The van der Waals surface area contributed by atoms with Crippen molar-refractivity contribution in [3.05, 3.63) is 24.3 Å².